The summed E-state index contributed by atoms with van der Waals surface area (Å²) < 4.78 is 15.9. The van der Waals surface area contributed by atoms with E-state index in [1.807, 2.05) is 24.3 Å². The number of anilines is 1. The molecule has 4 unspecified atom stereocenters. The van der Waals surface area contributed by atoms with Gasteiger partial charge in [-0.1, -0.05) is 12.1 Å². The zero-order chi connectivity index (χ0) is 25.4. The van der Waals surface area contributed by atoms with Gasteiger partial charge in [0.15, 0.2) is 11.5 Å². The summed E-state index contributed by atoms with van der Waals surface area (Å²) in [5.74, 6) is 0.919. The number of benzene rings is 2. The van der Waals surface area contributed by atoms with Crippen molar-refractivity contribution >= 4 is 35.3 Å². The van der Waals surface area contributed by atoms with E-state index >= 15 is 0 Å². The average Bonchev–Trinajstić information content (AvgIpc) is 3.37. The van der Waals surface area contributed by atoms with Crippen LogP contribution in [0.3, 0.4) is 0 Å². The van der Waals surface area contributed by atoms with E-state index in [0.717, 1.165) is 16.2 Å². The van der Waals surface area contributed by atoms with Gasteiger partial charge >= 0.3 is 6.03 Å². The number of hydrogen-bond donors (Lipinski definition) is 3. The van der Waals surface area contributed by atoms with Gasteiger partial charge in [-0.3, -0.25) is 25.1 Å². The van der Waals surface area contributed by atoms with Crippen LogP contribution in [0.15, 0.2) is 42.5 Å². The topological polar surface area (TPSA) is 121 Å². The quantitative estimate of drug-likeness (QED) is 0.531. The standard InChI is InChI=1S/C24H27N5O6S/c1-28-21-19(23(31)29(2)24(28)32)22(27-20(26-21)13-4-7-15(33-3)8-5-13)36-11-18(30)25-14-6-9-16-17(10-14)35-12-34-16/h4-10,19-22,26-27H,11-12H2,1-3H3,(H,25,30). The lowest BCUT2D eigenvalue weighted by molar-refractivity contribution is -0.140. The number of urea groups is 1. The van der Waals surface area contributed by atoms with Crippen LogP contribution in [0.2, 0.25) is 0 Å². The molecule has 0 saturated carbocycles. The summed E-state index contributed by atoms with van der Waals surface area (Å²) in [7, 11) is 4.74. The Morgan fingerprint density at radius 2 is 1.86 bits per heavy atom. The maximum Gasteiger partial charge on any atom is 0.327 e. The molecule has 3 heterocycles. The monoisotopic (exact) mass is 513 g/mol. The first-order valence-electron chi connectivity index (χ1n) is 11.4. The first-order chi connectivity index (χ1) is 17.4. The van der Waals surface area contributed by atoms with E-state index in [4.69, 9.17) is 14.2 Å². The largest absolute Gasteiger partial charge is 0.497 e. The van der Waals surface area contributed by atoms with Crippen LogP contribution < -0.4 is 30.2 Å². The Balaban J connectivity index is 1.32. The molecule has 2 aromatic rings. The number of carbonyl (C=O) groups is 3. The molecule has 3 aliphatic heterocycles. The number of imide groups is 1. The highest BCUT2D eigenvalue weighted by atomic mass is 32.2. The summed E-state index contributed by atoms with van der Waals surface area (Å²) in [6.07, 6.45) is -0.887. The molecule has 190 valence electrons. The minimum absolute atomic E-state index is 0.0965. The molecule has 3 aliphatic rings. The fraction of sp³-hybridized carbons (Fsp3) is 0.375. The van der Waals surface area contributed by atoms with Crippen molar-refractivity contribution in [3.8, 4) is 17.2 Å². The first kappa shape index (κ1) is 24.2. The van der Waals surface area contributed by atoms with Crippen LogP contribution in [0.4, 0.5) is 10.5 Å². The molecule has 5 rings (SSSR count). The molecule has 2 saturated heterocycles. The van der Waals surface area contributed by atoms with E-state index in [9.17, 15) is 14.4 Å². The van der Waals surface area contributed by atoms with E-state index in [0.29, 0.717) is 17.2 Å². The molecule has 12 heteroatoms. The third-order valence-electron chi connectivity index (χ3n) is 6.46. The smallest absolute Gasteiger partial charge is 0.327 e. The zero-order valence-electron chi connectivity index (χ0n) is 20.0. The Kier molecular flexibility index (Phi) is 6.65. The Bertz CT molecular complexity index is 1180. The third-order valence-corrected chi connectivity index (χ3v) is 7.67. The Morgan fingerprint density at radius 1 is 1.11 bits per heavy atom. The number of ether oxygens (including phenoxy) is 3. The number of rotatable bonds is 6. The lowest BCUT2D eigenvalue weighted by atomic mass is 9.96. The summed E-state index contributed by atoms with van der Waals surface area (Å²) in [4.78, 5) is 41.2. The molecule has 2 fully saturated rings. The second kappa shape index (κ2) is 9.88. The van der Waals surface area contributed by atoms with E-state index in [2.05, 4.69) is 16.0 Å². The molecular formula is C24H27N5O6S. The molecule has 36 heavy (non-hydrogen) atoms. The van der Waals surface area contributed by atoms with Crippen molar-refractivity contribution in [3.05, 3.63) is 48.0 Å². The molecular weight excluding hydrogens is 486 g/mol. The summed E-state index contributed by atoms with van der Waals surface area (Å²) >= 11 is 1.32. The van der Waals surface area contributed by atoms with Gasteiger partial charge in [0.05, 0.1) is 36.5 Å². The molecule has 0 radical (unpaired) electrons. The van der Waals surface area contributed by atoms with E-state index < -0.39 is 17.5 Å². The minimum Gasteiger partial charge on any atom is -0.497 e. The van der Waals surface area contributed by atoms with Crippen LogP contribution in [-0.4, -0.2) is 72.9 Å². The molecule has 2 aromatic carbocycles. The molecule has 4 atom stereocenters. The molecule has 0 bridgehead atoms. The van der Waals surface area contributed by atoms with Crippen molar-refractivity contribution in [1.82, 2.24) is 20.4 Å². The van der Waals surface area contributed by atoms with E-state index in [1.54, 1.807) is 32.4 Å². The van der Waals surface area contributed by atoms with Crippen LogP contribution in [-0.2, 0) is 9.59 Å². The Morgan fingerprint density at radius 3 is 2.61 bits per heavy atom. The van der Waals surface area contributed by atoms with Gasteiger partial charge in [0.25, 0.3) is 0 Å². The number of amides is 4. The van der Waals surface area contributed by atoms with Crippen LogP contribution in [0.25, 0.3) is 0 Å². The second-order valence-corrected chi connectivity index (χ2v) is 9.78. The molecule has 3 N–H and O–H groups in total. The summed E-state index contributed by atoms with van der Waals surface area (Å²) in [6.45, 7) is 0.154. The number of hydrogen-bond acceptors (Lipinski definition) is 9. The number of nitrogens with zero attached hydrogens (tertiary/aromatic N) is 2. The fourth-order valence-electron chi connectivity index (χ4n) is 4.52. The second-order valence-electron chi connectivity index (χ2n) is 8.65. The van der Waals surface area contributed by atoms with Gasteiger partial charge in [-0.05, 0) is 29.8 Å². The van der Waals surface area contributed by atoms with Crippen molar-refractivity contribution < 1.29 is 28.6 Å². The molecule has 11 nitrogen and oxygen atoms in total. The van der Waals surface area contributed by atoms with Crippen LogP contribution in [0.5, 0.6) is 17.2 Å². The molecule has 0 aliphatic carbocycles. The Labute approximate surface area is 212 Å². The number of nitrogens with one attached hydrogen (secondary N) is 3. The molecule has 4 amide bonds. The average molecular weight is 514 g/mol. The van der Waals surface area contributed by atoms with E-state index in [-0.39, 0.29) is 36.6 Å². The van der Waals surface area contributed by atoms with Gasteiger partial charge in [-0.15, -0.1) is 11.8 Å². The fourth-order valence-corrected chi connectivity index (χ4v) is 5.63. The highest BCUT2D eigenvalue weighted by molar-refractivity contribution is 8.00. The van der Waals surface area contributed by atoms with E-state index in [1.165, 1.54) is 23.7 Å². The highest BCUT2D eigenvalue weighted by Crippen LogP contribution is 2.36. The van der Waals surface area contributed by atoms with Gasteiger partial charge in [-0.2, -0.15) is 0 Å². The molecule has 0 aromatic heterocycles. The summed E-state index contributed by atoms with van der Waals surface area (Å²) in [5.41, 5.74) is 1.51. The maximum absolute atomic E-state index is 13.1. The Hall–Kier alpha value is -3.48. The van der Waals surface area contributed by atoms with Gasteiger partial charge in [-0.25, -0.2) is 4.79 Å². The van der Waals surface area contributed by atoms with Crippen molar-refractivity contribution in [2.75, 3.05) is 39.1 Å². The normalized spacial score (nSPS) is 25.0. The van der Waals surface area contributed by atoms with Crippen molar-refractivity contribution in [3.63, 3.8) is 0 Å². The van der Waals surface area contributed by atoms with Gasteiger partial charge < -0.3 is 24.4 Å². The van der Waals surface area contributed by atoms with Gasteiger partial charge in [0.1, 0.15) is 5.75 Å². The highest BCUT2D eigenvalue weighted by Gasteiger charge is 2.51. The predicted molar refractivity (Wildman–Crippen MR) is 133 cm³/mol. The van der Waals surface area contributed by atoms with Crippen LogP contribution in [0.1, 0.15) is 11.7 Å². The number of methoxy groups -OCH3 is 1. The van der Waals surface area contributed by atoms with Gasteiger partial charge in [0, 0.05) is 25.8 Å². The number of fused-ring (bicyclic) bond motifs is 2. The lowest BCUT2D eigenvalue weighted by Gasteiger charge is -2.50. The van der Waals surface area contributed by atoms with Gasteiger partial charge in [0.2, 0.25) is 18.6 Å². The maximum atomic E-state index is 13.1. The zero-order valence-corrected chi connectivity index (χ0v) is 20.8. The van der Waals surface area contributed by atoms with Crippen LogP contribution in [0, 0.1) is 5.92 Å². The first-order valence-corrected chi connectivity index (χ1v) is 12.4. The summed E-state index contributed by atoms with van der Waals surface area (Å²) in [6, 6.07) is 12.3. The minimum atomic E-state index is -0.587. The van der Waals surface area contributed by atoms with Crippen molar-refractivity contribution in [1.29, 1.82) is 0 Å². The van der Waals surface area contributed by atoms with Crippen molar-refractivity contribution in [2.45, 2.75) is 17.7 Å². The number of carbonyl (C=O) groups excluding carboxylic acids is 3. The number of thioether (sulfide) groups is 1. The van der Waals surface area contributed by atoms with Crippen LogP contribution >= 0.6 is 11.8 Å². The molecule has 0 spiro atoms. The summed E-state index contributed by atoms with van der Waals surface area (Å²) in [5, 5.41) is 9.27. The van der Waals surface area contributed by atoms with Crippen molar-refractivity contribution in [2.24, 2.45) is 5.92 Å². The SMILES string of the molecule is COc1ccc(C2NC(SCC(=O)Nc3ccc4c(c3)OCO4)C3C(=O)N(C)C(=O)N(C)C3N2)cc1. The lowest BCUT2D eigenvalue weighted by Crippen LogP contribution is -2.72. The predicted octanol–water partition coefficient (Wildman–Crippen LogP) is 1.78. The third kappa shape index (κ3) is 4.54.